The molecule has 0 aliphatic carbocycles. The quantitative estimate of drug-likeness (QED) is 0.794. The lowest BCUT2D eigenvalue weighted by Crippen LogP contribution is -2.31. The summed E-state index contributed by atoms with van der Waals surface area (Å²) in [6.45, 7) is 5.12. The lowest BCUT2D eigenvalue weighted by atomic mass is 10.0. The number of aromatic nitrogens is 1. The lowest BCUT2D eigenvalue weighted by Gasteiger charge is -2.18. The van der Waals surface area contributed by atoms with Gasteiger partial charge in [-0.1, -0.05) is 12.1 Å². The first-order valence-corrected chi connectivity index (χ1v) is 10.5. The van der Waals surface area contributed by atoms with Gasteiger partial charge < -0.3 is 24.3 Å². The normalized spacial score (nSPS) is 16.5. The molecule has 0 saturated carbocycles. The number of likely N-dealkylation sites (tertiary alicyclic amines) is 1. The van der Waals surface area contributed by atoms with Gasteiger partial charge in [0, 0.05) is 38.3 Å². The Morgan fingerprint density at radius 3 is 2.71 bits per heavy atom. The summed E-state index contributed by atoms with van der Waals surface area (Å²) < 4.78 is 12.9. The maximum atomic E-state index is 12.7. The van der Waals surface area contributed by atoms with Gasteiger partial charge in [-0.05, 0) is 38.8 Å². The SMILES string of the molecule is Cn1cc(C(=O)N2CCCC2)cc(NC(=O)COc2cccc3c2OC(C)(C)C3)c1=O. The molecule has 2 aliphatic rings. The summed E-state index contributed by atoms with van der Waals surface area (Å²) in [5.41, 5.74) is 0.744. The fourth-order valence-corrected chi connectivity index (χ4v) is 4.05. The zero-order valence-electron chi connectivity index (χ0n) is 18.1. The molecule has 2 aliphatic heterocycles. The number of aryl methyl sites for hydroxylation is 1. The monoisotopic (exact) mass is 425 g/mol. The van der Waals surface area contributed by atoms with Gasteiger partial charge in [0.15, 0.2) is 18.1 Å². The van der Waals surface area contributed by atoms with Crippen molar-refractivity contribution in [1.29, 1.82) is 0 Å². The van der Waals surface area contributed by atoms with Crippen molar-refractivity contribution in [3.8, 4) is 11.5 Å². The van der Waals surface area contributed by atoms with Crippen LogP contribution in [0, 0.1) is 0 Å². The van der Waals surface area contributed by atoms with Gasteiger partial charge in [0.1, 0.15) is 11.3 Å². The van der Waals surface area contributed by atoms with Crippen LogP contribution in [-0.4, -0.2) is 46.6 Å². The van der Waals surface area contributed by atoms with Crippen LogP contribution < -0.4 is 20.3 Å². The van der Waals surface area contributed by atoms with Gasteiger partial charge in [-0.3, -0.25) is 14.4 Å². The molecule has 1 saturated heterocycles. The molecule has 164 valence electrons. The molecule has 0 radical (unpaired) electrons. The maximum Gasteiger partial charge on any atom is 0.274 e. The van der Waals surface area contributed by atoms with Gasteiger partial charge in [-0.15, -0.1) is 0 Å². The van der Waals surface area contributed by atoms with Crippen LogP contribution in [0.2, 0.25) is 0 Å². The third-order valence-corrected chi connectivity index (χ3v) is 5.51. The first kappa shape index (κ1) is 21.0. The van der Waals surface area contributed by atoms with Gasteiger partial charge >= 0.3 is 0 Å². The first-order valence-electron chi connectivity index (χ1n) is 10.5. The minimum Gasteiger partial charge on any atom is -0.483 e. The summed E-state index contributed by atoms with van der Waals surface area (Å²) in [5.74, 6) is 0.510. The fourth-order valence-electron chi connectivity index (χ4n) is 4.05. The first-order chi connectivity index (χ1) is 14.7. The van der Waals surface area contributed by atoms with E-state index in [9.17, 15) is 14.4 Å². The molecule has 8 heteroatoms. The van der Waals surface area contributed by atoms with Crippen LogP contribution >= 0.6 is 0 Å². The number of benzene rings is 1. The molecule has 0 unspecified atom stereocenters. The Balaban J connectivity index is 1.45. The number of carbonyl (C=O) groups excluding carboxylic acids is 2. The molecule has 0 bridgehead atoms. The minimum absolute atomic E-state index is 0.0526. The van der Waals surface area contributed by atoms with Crippen LogP contribution in [0.15, 0.2) is 35.3 Å². The number of nitrogens with zero attached hydrogens (tertiary/aromatic N) is 2. The Morgan fingerprint density at radius 2 is 1.97 bits per heavy atom. The molecule has 0 spiro atoms. The van der Waals surface area contributed by atoms with E-state index in [1.54, 1.807) is 18.0 Å². The average molecular weight is 425 g/mol. The maximum absolute atomic E-state index is 12.7. The number of amides is 2. The highest BCUT2D eigenvalue weighted by atomic mass is 16.5. The number of para-hydroxylation sites is 1. The number of fused-ring (bicyclic) bond motifs is 1. The molecule has 1 aromatic heterocycles. The minimum atomic E-state index is -0.488. The average Bonchev–Trinajstić information content (AvgIpc) is 3.35. The lowest BCUT2D eigenvalue weighted by molar-refractivity contribution is -0.118. The van der Waals surface area contributed by atoms with E-state index in [1.165, 1.54) is 16.8 Å². The third-order valence-electron chi connectivity index (χ3n) is 5.51. The van der Waals surface area contributed by atoms with Crippen LogP contribution in [0.25, 0.3) is 0 Å². The van der Waals surface area contributed by atoms with E-state index in [0.29, 0.717) is 30.2 Å². The summed E-state index contributed by atoms with van der Waals surface area (Å²) in [7, 11) is 1.56. The summed E-state index contributed by atoms with van der Waals surface area (Å²) in [4.78, 5) is 39.4. The number of hydrogen-bond donors (Lipinski definition) is 1. The number of nitrogens with one attached hydrogen (secondary N) is 1. The van der Waals surface area contributed by atoms with E-state index in [-0.39, 0.29) is 23.8 Å². The highest BCUT2D eigenvalue weighted by molar-refractivity contribution is 5.97. The molecule has 31 heavy (non-hydrogen) atoms. The van der Waals surface area contributed by atoms with Crippen LogP contribution in [0.5, 0.6) is 11.5 Å². The highest BCUT2D eigenvalue weighted by Crippen LogP contribution is 2.41. The van der Waals surface area contributed by atoms with Crippen molar-refractivity contribution in [1.82, 2.24) is 9.47 Å². The van der Waals surface area contributed by atoms with Gasteiger partial charge in [-0.2, -0.15) is 0 Å². The molecular weight excluding hydrogens is 398 g/mol. The summed E-state index contributed by atoms with van der Waals surface area (Å²) in [6.07, 6.45) is 4.21. The number of anilines is 1. The number of carbonyl (C=O) groups is 2. The second kappa shape index (κ2) is 8.09. The topological polar surface area (TPSA) is 89.9 Å². The molecule has 2 aromatic rings. The third kappa shape index (κ3) is 4.42. The Labute approximate surface area is 180 Å². The summed E-state index contributed by atoms with van der Waals surface area (Å²) in [6, 6.07) is 7.03. The molecule has 0 atom stereocenters. The van der Waals surface area contributed by atoms with Gasteiger partial charge in [0.2, 0.25) is 0 Å². The van der Waals surface area contributed by atoms with E-state index in [0.717, 1.165) is 24.8 Å². The smallest absolute Gasteiger partial charge is 0.274 e. The Kier molecular flexibility index (Phi) is 5.47. The van der Waals surface area contributed by atoms with Crippen molar-refractivity contribution >= 4 is 17.5 Å². The second-order valence-electron chi connectivity index (χ2n) is 8.68. The largest absolute Gasteiger partial charge is 0.483 e. The van der Waals surface area contributed by atoms with Crippen molar-refractivity contribution < 1.29 is 19.1 Å². The van der Waals surface area contributed by atoms with E-state index in [1.807, 2.05) is 26.0 Å². The zero-order valence-corrected chi connectivity index (χ0v) is 18.1. The molecule has 1 N–H and O–H groups in total. The van der Waals surface area contributed by atoms with E-state index < -0.39 is 11.5 Å². The number of hydrogen-bond acceptors (Lipinski definition) is 5. The predicted octanol–water partition coefficient (Wildman–Crippen LogP) is 2.35. The van der Waals surface area contributed by atoms with E-state index >= 15 is 0 Å². The molecule has 1 aromatic carbocycles. The standard InChI is InChI=1S/C23H27N3O5/c1-23(2)12-15-7-6-8-18(20(15)31-23)30-14-19(27)24-17-11-16(13-25(3)22(17)29)21(28)26-9-4-5-10-26/h6-8,11,13H,4-5,9-10,12,14H2,1-3H3,(H,24,27). The molecule has 1 fully saturated rings. The van der Waals surface area contributed by atoms with Crippen LogP contribution in [0.4, 0.5) is 5.69 Å². The second-order valence-corrected chi connectivity index (χ2v) is 8.68. The number of rotatable bonds is 5. The molecule has 8 nitrogen and oxygen atoms in total. The van der Waals surface area contributed by atoms with Crippen molar-refractivity contribution in [3.63, 3.8) is 0 Å². The fraction of sp³-hybridized carbons (Fsp3) is 0.435. The number of pyridine rings is 1. The molecule has 3 heterocycles. The van der Waals surface area contributed by atoms with Gasteiger partial charge in [0.25, 0.3) is 17.4 Å². The zero-order chi connectivity index (χ0) is 22.2. The highest BCUT2D eigenvalue weighted by Gasteiger charge is 2.32. The van der Waals surface area contributed by atoms with Crippen molar-refractivity contribution in [2.75, 3.05) is 25.0 Å². The summed E-state index contributed by atoms with van der Waals surface area (Å²) in [5, 5.41) is 2.58. The van der Waals surface area contributed by atoms with Gasteiger partial charge in [-0.25, -0.2) is 0 Å². The van der Waals surface area contributed by atoms with Gasteiger partial charge in [0.05, 0.1) is 5.56 Å². The van der Waals surface area contributed by atoms with Crippen molar-refractivity contribution in [2.24, 2.45) is 7.05 Å². The molecular formula is C23H27N3O5. The van der Waals surface area contributed by atoms with E-state index in [4.69, 9.17) is 9.47 Å². The molecule has 4 rings (SSSR count). The van der Waals surface area contributed by atoms with Crippen molar-refractivity contribution in [3.05, 3.63) is 51.9 Å². The van der Waals surface area contributed by atoms with E-state index in [2.05, 4.69) is 5.32 Å². The Bertz CT molecular complexity index is 1080. The molecule has 2 amide bonds. The predicted molar refractivity (Wildman–Crippen MR) is 116 cm³/mol. The Morgan fingerprint density at radius 1 is 1.23 bits per heavy atom. The Hall–Kier alpha value is -3.29. The van der Waals surface area contributed by atoms with Crippen LogP contribution in [0.3, 0.4) is 0 Å². The summed E-state index contributed by atoms with van der Waals surface area (Å²) >= 11 is 0. The van der Waals surface area contributed by atoms with Crippen LogP contribution in [0.1, 0.15) is 42.6 Å². The van der Waals surface area contributed by atoms with Crippen molar-refractivity contribution in [2.45, 2.75) is 38.7 Å². The van der Waals surface area contributed by atoms with Crippen LogP contribution in [-0.2, 0) is 18.3 Å². The number of ether oxygens (including phenoxy) is 2.